The molecule has 2 heterocycles. The zero-order valence-corrected chi connectivity index (χ0v) is 15.7. The van der Waals surface area contributed by atoms with Gasteiger partial charge in [0, 0.05) is 18.7 Å². The number of aromatic nitrogens is 2. The summed E-state index contributed by atoms with van der Waals surface area (Å²) in [5.74, 6) is 0.442. The molecule has 144 valence electrons. The average Bonchev–Trinajstić information content (AvgIpc) is 2.94. The number of anilines is 1. The maximum Gasteiger partial charge on any atom is 0.270 e. The smallest absolute Gasteiger partial charge is 0.270 e. The van der Waals surface area contributed by atoms with Crippen LogP contribution < -0.4 is 10.6 Å². The summed E-state index contributed by atoms with van der Waals surface area (Å²) < 4.78 is 36.0. The normalized spacial score (nSPS) is 18.2. The fourth-order valence-electron chi connectivity index (χ4n) is 2.94. The highest BCUT2D eigenvalue weighted by Gasteiger charge is 2.28. The molecule has 1 aliphatic rings. The summed E-state index contributed by atoms with van der Waals surface area (Å²) in [7, 11) is -3.00. The predicted octanol–water partition coefficient (Wildman–Crippen LogP) is 1.50. The number of carbonyl (C=O) groups excluding carboxylic acids is 1. The van der Waals surface area contributed by atoms with Crippen LogP contribution in [0.4, 0.5) is 10.2 Å². The summed E-state index contributed by atoms with van der Waals surface area (Å²) >= 11 is 0. The van der Waals surface area contributed by atoms with Crippen molar-refractivity contribution < 1.29 is 17.6 Å². The van der Waals surface area contributed by atoms with Gasteiger partial charge in [-0.05, 0) is 37.5 Å². The Morgan fingerprint density at radius 2 is 2.00 bits per heavy atom. The Hall–Kier alpha value is -2.55. The molecule has 2 N–H and O–H groups in total. The Balaban J connectivity index is 1.59. The number of carbonyl (C=O) groups is 1. The van der Waals surface area contributed by atoms with Gasteiger partial charge >= 0.3 is 0 Å². The van der Waals surface area contributed by atoms with Gasteiger partial charge in [0.05, 0.1) is 11.5 Å². The highest BCUT2D eigenvalue weighted by molar-refractivity contribution is 7.91. The van der Waals surface area contributed by atoms with Crippen molar-refractivity contribution in [2.75, 3.05) is 23.4 Å². The molecule has 7 nitrogen and oxygen atoms in total. The van der Waals surface area contributed by atoms with Crippen LogP contribution in [-0.4, -0.2) is 48.4 Å². The molecule has 9 heteroatoms. The number of aryl methyl sites for hydroxylation is 1. The van der Waals surface area contributed by atoms with Gasteiger partial charge in [-0.3, -0.25) is 4.79 Å². The van der Waals surface area contributed by atoms with Gasteiger partial charge in [-0.1, -0.05) is 12.1 Å². The van der Waals surface area contributed by atoms with Gasteiger partial charge in [0.2, 0.25) is 0 Å². The van der Waals surface area contributed by atoms with E-state index in [4.69, 9.17) is 0 Å². The first-order valence-electron chi connectivity index (χ1n) is 8.66. The Morgan fingerprint density at radius 3 is 2.67 bits per heavy atom. The van der Waals surface area contributed by atoms with Crippen LogP contribution in [0.25, 0.3) is 0 Å². The van der Waals surface area contributed by atoms with Crippen LogP contribution >= 0.6 is 0 Å². The van der Waals surface area contributed by atoms with Crippen molar-refractivity contribution in [3.05, 3.63) is 53.2 Å². The number of hydrogen-bond acceptors (Lipinski definition) is 6. The van der Waals surface area contributed by atoms with E-state index < -0.39 is 9.84 Å². The lowest BCUT2D eigenvalue weighted by Crippen LogP contribution is -2.27. The third-order valence-electron chi connectivity index (χ3n) is 4.27. The molecule has 27 heavy (non-hydrogen) atoms. The van der Waals surface area contributed by atoms with Crippen LogP contribution in [0.3, 0.4) is 0 Å². The molecular formula is C18H21FN4O3S. The van der Waals surface area contributed by atoms with E-state index in [1.165, 1.54) is 18.2 Å². The highest BCUT2D eigenvalue weighted by atomic mass is 32.2. The van der Waals surface area contributed by atoms with Crippen LogP contribution in [0.2, 0.25) is 0 Å². The summed E-state index contributed by atoms with van der Waals surface area (Å²) in [5.41, 5.74) is 1.13. The van der Waals surface area contributed by atoms with Crippen molar-refractivity contribution in [1.82, 2.24) is 15.3 Å². The van der Waals surface area contributed by atoms with Gasteiger partial charge in [0.25, 0.3) is 5.91 Å². The standard InChI is InChI=1S/C18H21FN4O3S/c1-12-21-16(10-17(22-12)23-15-7-9-27(25,26)11-15)18(24)20-8-6-13-2-4-14(19)5-3-13/h2-5,10,15H,6-9,11H2,1H3,(H,20,24)(H,21,22,23). The van der Waals surface area contributed by atoms with Crippen molar-refractivity contribution in [1.29, 1.82) is 0 Å². The molecule has 2 aromatic rings. The van der Waals surface area contributed by atoms with E-state index in [0.717, 1.165) is 5.56 Å². The maximum absolute atomic E-state index is 12.9. The SMILES string of the molecule is Cc1nc(NC2CCS(=O)(=O)C2)cc(C(=O)NCCc2ccc(F)cc2)n1. The number of benzene rings is 1. The van der Waals surface area contributed by atoms with Crippen molar-refractivity contribution in [3.8, 4) is 0 Å². The molecule has 3 rings (SSSR count). The molecule has 0 radical (unpaired) electrons. The van der Waals surface area contributed by atoms with Crippen LogP contribution in [-0.2, 0) is 16.3 Å². The molecule has 1 aromatic heterocycles. The number of rotatable bonds is 6. The first kappa shape index (κ1) is 19.2. The van der Waals surface area contributed by atoms with E-state index in [1.54, 1.807) is 19.1 Å². The number of nitrogens with one attached hydrogen (secondary N) is 2. The van der Waals surface area contributed by atoms with Crippen LogP contribution in [0, 0.1) is 12.7 Å². The van der Waals surface area contributed by atoms with Gasteiger partial charge in [-0.2, -0.15) is 0 Å². The monoisotopic (exact) mass is 392 g/mol. The van der Waals surface area contributed by atoms with Gasteiger partial charge in [0.1, 0.15) is 23.2 Å². The molecule has 0 saturated carbocycles. The van der Waals surface area contributed by atoms with Crippen LogP contribution in [0.15, 0.2) is 30.3 Å². The molecule has 0 aliphatic carbocycles. The number of halogens is 1. The minimum atomic E-state index is -3.00. The molecular weight excluding hydrogens is 371 g/mol. The largest absolute Gasteiger partial charge is 0.366 e. The Bertz CT molecular complexity index is 932. The topological polar surface area (TPSA) is 101 Å². The summed E-state index contributed by atoms with van der Waals surface area (Å²) in [6.45, 7) is 2.06. The number of amides is 1. The third-order valence-corrected chi connectivity index (χ3v) is 6.04. The lowest BCUT2D eigenvalue weighted by Gasteiger charge is -2.13. The van der Waals surface area contributed by atoms with Gasteiger partial charge in [0.15, 0.2) is 9.84 Å². The van der Waals surface area contributed by atoms with Crippen molar-refractivity contribution in [2.45, 2.75) is 25.8 Å². The molecule has 1 amide bonds. The molecule has 1 unspecified atom stereocenters. The van der Waals surface area contributed by atoms with Crippen LogP contribution in [0.5, 0.6) is 0 Å². The second-order valence-corrected chi connectivity index (χ2v) is 8.79. The Morgan fingerprint density at radius 1 is 1.26 bits per heavy atom. The number of nitrogens with zero attached hydrogens (tertiary/aromatic N) is 2. The summed E-state index contributed by atoms with van der Waals surface area (Å²) in [6.07, 6.45) is 1.09. The second kappa shape index (κ2) is 7.99. The van der Waals surface area contributed by atoms with E-state index in [0.29, 0.717) is 31.0 Å². The molecule has 1 aliphatic heterocycles. The molecule has 1 saturated heterocycles. The Kier molecular flexibility index (Phi) is 5.69. The van der Waals surface area contributed by atoms with Crippen LogP contribution in [0.1, 0.15) is 28.3 Å². The minimum Gasteiger partial charge on any atom is -0.366 e. The van der Waals surface area contributed by atoms with E-state index in [-0.39, 0.29) is 35.0 Å². The fourth-order valence-corrected chi connectivity index (χ4v) is 4.61. The van der Waals surface area contributed by atoms with E-state index in [2.05, 4.69) is 20.6 Å². The Labute approximate surface area is 157 Å². The highest BCUT2D eigenvalue weighted by Crippen LogP contribution is 2.17. The minimum absolute atomic E-state index is 0.0647. The summed E-state index contributed by atoms with van der Waals surface area (Å²) in [6, 6.07) is 7.42. The molecule has 1 atom stereocenters. The summed E-state index contributed by atoms with van der Waals surface area (Å²) in [5, 5.41) is 5.85. The number of hydrogen-bond donors (Lipinski definition) is 2. The van der Waals surface area contributed by atoms with Crippen molar-refractivity contribution in [2.24, 2.45) is 0 Å². The molecule has 0 bridgehead atoms. The quantitative estimate of drug-likeness (QED) is 0.773. The first-order valence-corrected chi connectivity index (χ1v) is 10.5. The molecule has 1 fully saturated rings. The van der Waals surface area contributed by atoms with Gasteiger partial charge in [-0.15, -0.1) is 0 Å². The number of sulfone groups is 1. The predicted molar refractivity (Wildman–Crippen MR) is 99.9 cm³/mol. The second-order valence-electron chi connectivity index (χ2n) is 6.56. The zero-order chi connectivity index (χ0) is 19.4. The van der Waals surface area contributed by atoms with Crippen molar-refractivity contribution in [3.63, 3.8) is 0 Å². The lowest BCUT2D eigenvalue weighted by molar-refractivity contribution is 0.0948. The molecule has 1 aromatic carbocycles. The van der Waals surface area contributed by atoms with E-state index in [9.17, 15) is 17.6 Å². The third kappa shape index (κ3) is 5.46. The van der Waals surface area contributed by atoms with Gasteiger partial charge < -0.3 is 10.6 Å². The fraction of sp³-hybridized carbons (Fsp3) is 0.389. The molecule has 0 spiro atoms. The van der Waals surface area contributed by atoms with Gasteiger partial charge in [-0.25, -0.2) is 22.8 Å². The average molecular weight is 392 g/mol. The van der Waals surface area contributed by atoms with E-state index >= 15 is 0 Å². The maximum atomic E-state index is 12.9. The lowest BCUT2D eigenvalue weighted by atomic mass is 10.1. The van der Waals surface area contributed by atoms with E-state index in [1.807, 2.05) is 0 Å². The first-order chi connectivity index (χ1) is 12.8. The van der Waals surface area contributed by atoms with Crippen molar-refractivity contribution >= 4 is 21.6 Å². The summed E-state index contributed by atoms with van der Waals surface area (Å²) in [4.78, 5) is 20.7. The zero-order valence-electron chi connectivity index (χ0n) is 14.9.